The first kappa shape index (κ1) is 24.1. The van der Waals surface area contributed by atoms with Crippen molar-refractivity contribution in [2.45, 2.75) is 25.9 Å². The van der Waals surface area contributed by atoms with E-state index in [4.69, 9.17) is 35.5 Å². The molecule has 0 N–H and O–H groups in total. The van der Waals surface area contributed by atoms with E-state index in [2.05, 4.69) is 9.97 Å². The topological polar surface area (TPSA) is 101 Å². The van der Waals surface area contributed by atoms with Crippen LogP contribution in [0.2, 0.25) is 5.02 Å². The largest absolute Gasteiger partial charge is 0.480 e. The van der Waals surface area contributed by atoms with Gasteiger partial charge in [0.2, 0.25) is 12.7 Å². The number of ether oxygens (including phenoxy) is 4. The van der Waals surface area contributed by atoms with Gasteiger partial charge in [-0.1, -0.05) is 23.7 Å². The zero-order valence-electron chi connectivity index (χ0n) is 21.1. The minimum absolute atomic E-state index is 0.0626. The highest BCUT2D eigenvalue weighted by Gasteiger charge is 2.45. The van der Waals surface area contributed by atoms with Gasteiger partial charge in [0.05, 0.1) is 25.5 Å². The van der Waals surface area contributed by atoms with Crippen LogP contribution in [0.1, 0.15) is 47.7 Å². The van der Waals surface area contributed by atoms with E-state index in [1.54, 1.807) is 11.1 Å². The average molecular weight is 534 g/mol. The monoisotopic (exact) mass is 533 g/mol. The number of hydrogen-bond acceptors (Lipinski definition) is 8. The van der Waals surface area contributed by atoms with Gasteiger partial charge in [-0.2, -0.15) is 4.98 Å². The Morgan fingerprint density at radius 3 is 2.50 bits per heavy atom. The van der Waals surface area contributed by atoms with Crippen molar-refractivity contribution in [3.05, 3.63) is 70.6 Å². The van der Waals surface area contributed by atoms with E-state index in [9.17, 15) is 4.79 Å². The first-order chi connectivity index (χ1) is 18.4. The second-order valence-corrected chi connectivity index (χ2v) is 9.52. The number of nitrogens with zero attached hydrogens (tertiary/aromatic N) is 5. The maximum absolute atomic E-state index is 14.1. The second-order valence-electron chi connectivity index (χ2n) is 9.08. The second kappa shape index (κ2) is 9.21. The molecular formula is C27H24ClN5O5. The molecule has 2 aliphatic heterocycles. The summed E-state index contributed by atoms with van der Waals surface area (Å²) in [5.41, 5.74) is 3.18. The predicted octanol–water partition coefficient (Wildman–Crippen LogP) is 5.07. The summed E-state index contributed by atoms with van der Waals surface area (Å²) in [5, 5.41) is 0.603. The molecule has 2 aromatic carbocycles. The Morgan fingerprint density at radius 1 is 1.03 bits per heavy atom. The van der Waals surface area contributed by atoms with Crippen molar-refractivity contribution in [1.29, 1.82) is 0 Å². The van der Waals surface area contributed by atoms with Crippen LogP contribution in [0, 0.1) is 0 Å². The molecule has 4 aromatic rings. The fourth-order valence-electron chi connectivity index (χ4n) is 4.94. The summed E-state index contributed by atoms with van der Waals surface area (Å²) in [5.74, 6) is 1.81. The van der Waals surface area contributed by atoms with Crippen LogP contribution in [-0.2, 0) is 0 Å². The molecule has 2 aromatic heterocycles. The number of halogens is 1. The molecule has 11 heteroatoms. The molecule has 1 amide bonds. The van der Waals surface area contributed by atoms with E-state index in [1.165, 1.54) is 14.2 Å². The van der Waals surface area contributed by atoms with Gasteiger partial charge in [-0.05, 0) is 43.7 Å². The Bertz CT molecular complexity index is 1550. The quantitative estimate of drug-likeness (QED) is 0.338. The third-order valence-corrected chi connectivity index (χ3v) is 6.82. The van der Waals surface area contributed by atoms with Crippen LogP contribution in [0.5, 0.6) is 23.4 Å². The third-order valence-electron chi connectivity index (χ3n) is 6.57. The van der Waals surface area contributed by atoms with Crippen LogP contribution >= 0.6 is 11.6 Å². The Labute approximate surface area is 223 Å². The summed E-state index contributed by atoms with van der Waals surface area (Å²) in [6.07, 6.45) is 1.60. The smallest absolute Gasteiger partial charge is 0.319 e. The molecule has 0 fully saturated rings. The van der Waals surface area contributed by atoms with Crippen molar-refractivity contribution in [1.82, 2.24) is 19.5 Å². The molecule has 0 aliphatic carbocycles. The standard InChI is InChI=1S/C27H24ClN5O5/c1-14(2)32-23-21(30-24(32)18-12-29-27(36-4)31-25(18)35-3)26(34)33(22(23)15-5-7-16(28)8-6-15)17-9-10-19-20(11-17)38-13-37-19/h5-12,14,22H,13H2,1-4H3. The summed E-state index contributed by atoms with van der Waals surface area (Å²) in [4.78, 5) is 29.3. The van der Waals surface area contributed by atoms with Crippen molar-refractivity contribution in [2.24, 2.45) is 0 Å². The van der Waals surface area contributed by atoms with Crippen molar-refractivity contribution in [3.63, 3.8) is 0 Å². The first-order valence-electron chi connectivity index (χ1n) is 12.0. The zero-order chi connectivity index (χ0) is 26.6. The predicted molar refractivity (Wildman–Crippen MR) is 139 cm³/mol. The van der Waals surface area contributed by atoms with Crippen LogP contribution in [0.15, 0.2) is 48.7 Å². The molecule has 0 bridgehead atoms. The lowest BCUT2D eigenvalue weighted by atomic mass is 10.0. The summed E-state index contributed by atoms with van der Waals surface area (Å²) >= 11 is 6.22. The van der Waals surface area contributed by atoms with Gasteiger partial charge in [0.25, 0.3) is 5.91 Å². The van der Waals surface area contributed by atoms with Crippen LogP contribution in [-0.4, -0.2) is 46.4 Å². The van der Waals surface area contributed by atoms with Crippen LogP contribution in [0.3, 0.4) is 0 Å². The molecule has 38 heavy (non-hydrogen) atoms. The number of carbonyl (C=O) groups is 1. The van der Waals surface area contributed by atoms with E-state index in [-0.39, 0.29) is 24.8 Å². The van der Waals surface area contributed by atoms with Crippen LogP contribution < -0.4 is 23.8 Å². The minimum Gasteiger partial charge on any atom is -0.480 e. The minimum atomic E-state index is -0.482. The number of hydrogen-bond donors (Lipinski definition) is 0. The zero-order valence-corrected chi connectivity index (χ0v) is 21.9. The lowest BCUT2D eigenvalue weighted by Gasteiger charge is -2.28. The van der Waals surface area contributed by atoms with Gasteiger partial charge in [0, 0.05) is 29.0 Å². The number of methoxy groups -OCH3 is 2. The van der Waals surface area contributed by atoms with Gasteiger partial charge in [-0.25, -0.2) is 9.97 Å². The Balaban J connectivity index is 1.57. The molecule has 0 radical (unpaired) electrons. The molecular weight excluding hydrogens is 510 g/mol. The maximum atomic E-state index is 14.1. The van der Waals surface area contributed by atoms with E-state index in [0.29, 0.717) is 45.2 Å². The molecule has 2 aliphatic rings. The number of rotatable bonds is 6. The number of imidazole rings is 1. The molecule has 10 nitrogen and oxygen atoms in total. The lowest BCUT2D eigenvalue weighted by molar-refractivity contribution is 0.0989. The number of carbonyl (C=O) groups excluding carboxylic acids is 1. The Kier molecular flexibility index (Phi) is 5.83. The van der Waals surface area contributed by atoms with Crippen molar-refractivity contribution in [2.75, 3.05) is 25.9 Å². The molecule has 1 atom stereocenters. The van der Waals surface area contributed by atoms with Gasteiger partial charge >= 0.3 is 6.01 Å². The molecule has 1 unspecified atom stereocenters. The highest BCUT2D eigenvalue weighted by atomic mass is 35.5. The third kappa shape index (κ3) is 3.71. The summed E-state index contributed by atoms with van der Waals surface area (Å²) < 4.78 is 23.8. The van der Waals surface area contributed by atoms with Gasteiger partial charge in [0.1, 0.15) is 11.9 Å². The molecule has 6 rings (SSSR count). The fourth-order valence-corrected chi connectivity index (χ4v) is 5.07. The van der Waals surface area contributed by atoms with Crippen molar-refractivity contribution < 1.29 is 23.7 Å². The highest BCUT2D eigenvalue weighted by molar-refractivity contribution is 6.30. The average Bonchev–Trinajstić information content (AvgIpc) is 3.62. The number of benzene rings is 2. The van der Waals surface area contributed by atoms with Crippen LogP contribution in [0.4, 0.5) is 5.69 Å². The molecule has 0 spiro atoms. The fraction of sp³-hybridized carbons (Fsp3) is 0.259. The van der Waals surface area contributed by atoms with E-state index in [0.717, 1.165) is 11.3 Å². The summed E-state index contributed by atoms with van der Waals surface area (Å²) in [7, 11) is 3.00. The maximum Gasteiger partial charge on any atom is 0.319 e. The van der Waals surface area contributed by atoms with Gasteiger partial charge in [-0.15, -0.1) is 0 Å². The Morgan fingerprint density at radius 2 is 1.79 bits per heavy atom. The van der Waals surface area contributed by atoms with E-state index in [1.807, 2.05) is 60.9 Å². The van der Waals surface area contributed by atoms with E-state index < -0.39 is 6.04 Å². The van der Waals surface area contributed by atoms with Gasteiger partial charge in [0.15, 0.2) is 17.2 Å². The summed E-state index contributed by atoms with van der Waals surface area (Å²) in [6.45, 7) is 4.21. The number of fused-ring (bicyclic) bond motifs is 2. The highest BCUT2D eigenvalue weighted by Crippen LogP contribution is 2.47. The molecule has 4 heterocycles. The normalized spacial score (nSPS) is 15.8. The molecule has 194 valence electrons. The van der Waals surface area contributed by atoms with Crippen molar-refractivity contribution >= 4 is 23.2 Å². The lowest BCUT2D eigenvalue weighted by Crippen LogP contribution is -2.30. The number of aromatic nitrogens is 4. The van der Waals surface area contributed by atoms with Crippen molar-refractivity contribution in [3.8, 4) is 34.8 Å². The van der Waals surface area contributed by atoms with Gasteiger partial charge < -0.3 is 23.5 Å². The number of amides is 1. The molecule has 0 saturated heterocycles. The van der Waals surface area contributed by atoms with Crippen LogP contribution in [0.25, 0.3) is 11.4 Å². The van der Waals surface area contributed by atoms with Gasteiger partial charge in [-0.3, -0.25) is 9.69 Å². The Hall–Kier alpha value is -4.31. The first-order valence-corrected chi connectivity index (χ1v) is 12.3. The van der Waals surface area contributed by atoms with E-state index >= 15 is 0 Å². The summed E-state index contributed by atoms with van der Waals surface area (Å²) in [6, 6.07) is 12.6. The SMILES string of the molecule is COc1ncc(-c2nc3c(n2C(C)C)C(c2ccc(Cl)cc2)N(c2ccc4c(c2)OCO4)C3=O)c(OC)n1. The molecule has 0 saturated carbocycles. The number of anilines is 1.